The summed E-state index contributed by atoms with van der Waals surface area (Å²) in [4.78, 5) is 21.4. The van der Waals surface area contributed by atoms with Gasteiger partial charge >= 0.3 is 11.9 Å². The Bertz CT molecular complexity index is 251. The molecule has 19 heavy (non-hydrogen) atoms. The van der Waals surface area contributed by atoms with Crippen LogP contribution < -0.4 is 0 Å². The molecule has 0 heterocycles. The van der Waals surface area contributed by atoms with Gasteiger partial charge < -0.3 is 10.2 Å². The molecule has 0 aliphatic heterocycles. The van der Waals surface area contributed by atoms with Crippen molar-refractivity contribution in [2.24, 2.45) is 5.92 Å². The van der Waals surface area contributed by atoms with Crippen molar-refractivity contribution in [3.05, 3.63) is 0 Å². The molecule has 1 unspecified atom stereocenters. The van der Waals surface area contributed by atoms with Gasteiger partial charge in [0.2, 0.25) is 0 Å². The topological polar surface area (TPSA) is 74.6 Å². The lowest BCUT2D eigenvalue weighted by atomic mass is 9.94. The van der Waals surface area contributed by atoms with E-state index in [-0.39, 0.29) is 12.3 Å². The van der Waals surface area contributed by atoms with Crippen LogP contribution in [0.5, 0.6) is 0 Å². The first-order chi connectivity index (χ1) is 9.07. The Morgan fingerprint density at radius 2 is 1.37 bits per heavy atom. The van der Waals surface area contributed by atoms with Crippen LogP contribution in [0.4, 0.5) is 0 Å². The van der Waals surface area contributed by atoms with Gasteiger partial charge in [0.15, 0.2) is 0 Å². The van der Waals surface area contributed by atoms with E-state index in [1.807, 2.05) is 0 Å². The number of unbranched alkanes of at least 4 members (excludes halogenated alkanes) is 6. The second kappa shape index (κ2) is 12.0. The monoisotopic (exact) mass is 272 g/mol. The highest BCUT2D eigenvalue weighted by molar-refractivity contribution is 5.69. The van der Waals surface area contributed by atoms with Gasteiger partial charge in [0.25, 0.3) is 0 Å². The summed E-state index contributed by atoms with van der Waals surface area (Å²) >= 11 is 0. The van der Waals surface area contributed by atoms with Crippen LogP contribution in [0.15, 0.2) is 0 Å². The fourth-order valence-electron chi connectivity index (χ4n) is 2.23. The van der Waals surface area contributed by atoms with Gasteiger partial charge in [-0.15, -0.1) is 0 Å². The van der Waals surface area contributed by atoms with Gasteiger partial charge in [-0.05, 0) is 19.3 Å². The van der Waals surface area contributed by atoms with Gasteiger partial charge in [0, 0.05) is 6.42 Å². The molecule has 0 spiro atoms. The first-order valence-corrected chi connectivity index (χ1v) is 7.52. The van der Waals surface area contributed by atoms with Gasteiger partial charge in [0.05, 0.1) is 5.92 Å². The third kappa shape index (κ3) is 11.7. The lowest BCUT2D eigenvalue weighted by Gasteiger charge is -2.11. The number of hydrogen-bond donors (Lipinski definition) is 2. The Labute approximate surface area is 116 Å². The molecule has 0 radical (unpaired) electrons. The van der Waals surface area contributed by atoms with E-state index in [1.165, 1.54) is 25.7 Å². The first-order valence-electron chi connectivity index (χ1n) is 7.52. The standard InChI is InChI=1S/C15H28O4/c1-2-3-4-5-6-7-10-13(15(18)19)11-8-9-12-14(16)17/h13H,2-12H2,1H3,(H,16,17)(H,18,19). The molecule has 0 aromatic rings. The van der Waals surface area contributed by atoms with Crippen molar-refractivity contribution in [2.75, 3.05) is 0 Å². The molecule has 0 fully saturated rings. The van der Waals surface area contributed by atoms with E-state index in [9.17, 15) is 9.59 Å². The minimum absolute atomic E-state index is 0.142. The highest BCUT2D eigenvalue weighted by Gasteiger charge is 2.16. The molecule has 2 N–H and O–H groups in total. The normalized spacial score (nSPS) is 12.3. The van der Waals surface area contributed by atoms with Crippen LogP contribution >= 0.6 is 0 Å². The fourth-order valence-corrected chi connectivity index (χ4v) is 2.23. The molecular formula is C15H28O4. The van der Waals surface area contributed by atoms with Crippen LogP contribution in [0.1, 0.15) is 77.6 Å². The van der Waals surface area contributed by atoms with E-state index in [0.717, 1.165) is 19.3 Å². The smallest absolute Gasteiger partial charge is 0.306 e. The number of carboxylic acid groups (broad SMARTS) is 2. The predicted molar refractivity (Wildman–Crippen MR) is 75.2 cm³/mol. The Morgan fingerprint density at radius 3 is 1.89 bits per heavy atom. The predicted octanol–water partition coefficient (Wildman–Crippen LogP) is 4.08. The van der Waals surface area contributed by atoms with Crippen LogP contribution in [0, 0.1) is 5.92 Å². The molecule has 0 saturated heterocycles. The van der Waals surface area contributed by atoms with Crippen LogP contribution in [-0.2, 0) is 9.59 Å². The minimum Gasteiger partial charge on any atom is -0.481 e. The van der Waals surface area contributed by atoms with E-state index >= 15 is 0 Å². The summed E-state index contributed by atoms with van der Waals surface area (Å²) in [6, 6.07) is 0. The van der Waals surface area contributed by atoms with Gasteiger partial charge in [-0.2, -0.15) is 0 Å². The molecule has 0 bridgehead atoms. The van der Waals surface area contributed by atoms with Crippen molar-refractivity contribution in [3.8, 4) is 0 Å². The Morgan fingerprint density at radius 1 is 0.842 bits per heavy atom. The van der Waals surface area contributed by atoms with Crippen molar-refractivity contribution in [2.45, 2.75) is 77.6 Å². The largest absolute Gasteiger partial charge is 0.481 e. The van der Waals surface area contributed by atoms with Crippen LogP contribution in [0.3, 0.4) is 0 Å². The summed E-state index contributed by atoms with van der Waals surface area (Å²) in [5, 5.41) is 17.6. The lowest BCUT2D eigenvalue weighted by Crippen LogP contribution is -2.13. The van der Waals surface area contributed by atoms with Crippen molar-refractivity contribution in [3.63, 3.8) is 0 Å². The molecule has 0 aliphatic carbocycles. The molecule has 0 aromatic heterocycles. The van der Waals surface area contributed by atoms with E-state index in [0.29, 0.717) is 19.3 Å². The molecule has 0 amide bonds. The second-order valence-corrected chi connectivity index (χ2v) is 5.23. The SMILES string of the molecule is CCCCCCCCC(CCCCC(=O)O)C(=O)O. The molecule has 1 atom stereocenters. The van der Waals surface area contributed by atoms with E-state index < -0.39 is 11.9 Å². The van der Waals surface area contributed by atoms with Gasteiger partial charge in [-0.3, -0.25) is 9.59 Å². The fraction of sp³-hybridized carbons (Fsp3) is 0.867. The number of hydrogen-bond acceptors (Lipinski definition) is 2. The van der Waals surface area contributed by atoms with Crippen LogP contribution in [0.25, 0.3) is 0 Å². The third-order valence-corrected chi connectivity index (χ3v) is 3.45. The average molecular weight is 272 g/mol. The Hall–Kier alpha value is -1.06. The minimum atomic E-state index is -0.803. The van der Waals surface area contributed by atoms with Crippen molar-refractivity contribution >= 4 is 11.9 Å². The second-order valence-electron chi connectivity index (χ2n) is 5.23. The molecular weight excluding hydrogens is 244 g/mol. The Kier molecular flexibility index (Phi) is 11.3. The van der Waals surface area contributed by atoms with Crippen molar-refractivity contribution < 1.29 is 19.8 Å². The maximum atomic E-state index is 11.1. The first kappa shape index (κ1) is 17.9. The highest BCUT2D eigenvalue weighted by Crippen LogP contribution is 2.18. The summed E-state index contributed by atoms with van der Waals surface area (Å²) < 4.78 is 0. The Balaban J connectivity index is 3.63. The number of carbonyl (C=O) groups is 2. The van der Waals surface area contributed by atoms with Crippen LogP contribution in [0.2, 0.25) is 0 Å². The average Bonchev–Trinajstić information content (AvgIpc) is 2.35. The molecule has 4 heteroatoms. The van der Waals surface area contributed by atoms with Crippen LogP contribution in [-0.4, -0.2) is 22.2 Å². The number of carboxylic acids is 2. The molecule has 112 valence electrons. The van der Waals surface area contributed by atoms with E-state index in [4.69, 9.17) is 10.2 Å². The molecule has 0 aromatic carbocycles. The number of aliphatic carboxylic acids is 2. The quantitative estimate of drug-likeness (QED) is 0.495. The summed E-state index contributed by atoms with van der Waals surface area (Å²) in [6.07, 6.45) is 9.76. The van der Waals surface area contributed by atoms with Gasteiger partial charge in [-0.1, -0.05) is 51.9 Å². The summed E-state index contributed by atoms with van der Waals surface area (Å²) in [6.45, 7) is 2.18. The van der Waals surface area contributed by atoms with E-state index in [1.54, 1.807) is 0 Å². The van der Waals surface area contributed by atoms with Crippen molar-refractivity contribution in [1.29, 1.82) is 0 Å². The summed E-state index contributed by atoms with van der Waals surface area (Å²) in [5.74, 6) is -1.83. The highest BCUT2D eigenvalue weighted by atomic mass is 16.4. The van der Waals surface area contributed by atoms with Gasteiger partial charge in [0.1, 0.15) is 0 Å². The third-order valence-electron chi connectivity index (χ3n) is 3.45. The zero-order valence-electron chi connectivity index (χ0n) is 12.1. The maximum Gasteiger partial charge on any atom is 0.306 e. The zero-order chi connectivity index (χ0) is 14.5. The van der Waals surface area contributed by atoms with Crippen molar-refractivity contribution in [1.82, 2.24) is 0 Å². The number of rotatable bonds is 13. The maximum absolute atomic E-state index is 11.1. The zero-order valence-corrected chi connectivity index (χ0v) is 12.1. The molecule has 4 nitrogen and oxygen atoms in total. The lowest BCUT2D eigenvalue weighted by molar-refractivity contribution is -0.142. The van der Waals surface area contributed by atoms with E-state index in [2.05, 4.69) is 6.92 Å². The summed E-state index contributed by atoms with van der Waals surface area (Å²) in [5.41, 5.74) is 0. The molecule has 0 rings (SSSR count). The van der Waals surface area contributed by atoms with Gasteiger partial charge in [-0.25, -0.2) is 0 Å². The molecule has 0 saturated carbocycles. The molecule has 0 aliphatic rings. The summed E-state index contributed by atoms with van der Waals surface area (Å²) in [7, 11) is 0.